The zero-order valence-electron chi connectivity index (χ0n) is 20.2. The molecular weight excluding hydrogens is 540 g/mol. The molecule has 186 valence electrons. The highest BCUT2D eigenvalue weighted by Gasteiger charge is 2.23. The predicted molar refractivity (Wildman–Crippen MR) is 151 cm³/mol. The van der Waals surface area contributed by atoms with E-state index in [4.69, 9.17) is 10.7 Å². The number of hydrogen-bond donors (Lipinski definition) is 2. The SMILES string of the molecule is C/C=C(\N=C(C(=O)c1ccc(Br)cn1)[C@@H](C)SCc1ccccc1)c1ccc(NC(=O)OC)cc1N. The van der Waals surface area contributed by atoms with Crippen LogP contribution in [0.2, 0.25) is 0 Å². The first kappa shape index (κ1) is 27.2. The Labute approximate surface area is 223 Å². The van der Waals surface area contributed by atoms with E-state index in [0.717, 1.165) is 15.8 Å². The molecule has 1 amide bonds. The first-order chi connectivity index (χ1) is 17.3. The van der Waals surface area contributed by atoms with Crippen molar-refractivity contribution in [3.05, 3.63) is 94.2 Å². The molecule has 1 aromatic heterocycles. The minimum absolute atomic E-state index is 0.223. The van der Waals surface area contributed by atoms with Gasteiger partial charge in [-0.2, -0.15) is 0 Å². The van der Waals surface area contributed by atoms with E-state index in [1.807, 2.05) is 32.0 Å². The van der Waals surface area contributed by atoms with E-state index in [9.17, 15) is 9.59 Å². The second-order valence-electron chi connectivity index (χ2n) is 7.72. The summed E-state index contributed by atoms with van der Waals surface area (Å²) in [5.74, 6) is 0.473. The topological polar surface area (TPSA) is 107 Å². The first-order valence-electron chi connectivity index (χ1n) is 11.1. The minimum Gasteiger partial charge on any atom is -0.453 e. The van der Waals surface area contributed by atoms with Crippen molar-refractivity contribution < 1.29 is 14.3 Å². The molecule has 2 aromatic carbocycles. The van der Waals surface area contributed by atoms with E-state index in [-0.39, 0.29) is 11.0 Å². The van der Waals surface area contributed by atoms with Crippen molar-refractivity contribution in [2.24, 2.45) is 4.99 Å². The smallest absolute Gasteiger partial charge is 0.411 e. The number of halogens is 1. The van der Waals surface area contributed by atoms with Gasteiger partial charge in [0, 0.05) is 38.6 Å². The number of nitrogens with one attached hydrogen (secondary N) is 1. The van der Waals surface area contributed by atoms with Crippen molar-refractivity contribution in [3.63, 3.8) is 0 Å². The number of thioether (sulfide) groups is 1. The van der Waals surface area contributed by atoms with E-state index >= 15 is 0 Å². The lowest BCUT2D eigenvalue weighted by Gasteiger charge is -2.16. The van der Waals surface area contributed by atoms with Gasteiger partial charge in [-0.3, -0.25) is 15.1 Å². The van der Waals surface area contributed by atoms with Gasteiger partial charge in [0.25, 0.3) is 0 Å². The number of Topliss-reactive ketones (excluding diaryl/α,β-unsaturated/α-hetero) is 1. The van der Waals surface area contributed by atoms with Crippen LogP contribution in [0.1, 0.15) is 35.5 Å². The van der Waals surface area contributed by atoms with Crippen LogP contribution in [-0.4, -0.2) is 34.9 Å². The van der Waals surface area contributed by atoms with Gasteiger partial charge < -0.3 is 10.5 Å². The van der Waals surface area contributed by atoms with Crippen molar-refractivity contribution in [3.8, 4) is 0 Å². The predicted octanol–water partition coefficient (Wildman–Crippen LogP) is 6.61. The van der Waals surface area contributed by atoms with Gasteiger partial charge in [-0.15, -0.1) is 11.8 Å². The molecule has 1 atom stereocenters. The van der Waals surface area contributed by atoms with E-state index in [1.54, 1.807) is 54.4 Å². The maximum atomic E-state index is 13.5. The van der Waals surface area contributed by atoms with Crippen LogP contribution in [-0.2, 0) is 10.5 Å². The summed E-state index contributed by atoms with van der Waals surface area (Å²) in [6, 6.07) is 18.6. The van der Waals surface area contributed by atoms with Crippen LogP contribution in [0, 0.1) is 0 Å². The van der Waals surface area contributed by atoms with Crippen molar-refractivity contribution >= 4 is 62.4 Å². The Morgan fingerprint density at radius 1 is 1.19 bits per heavy atom. The molecule has 0 aliphatic rings. The van der Waals surface area contributed by atoms with Gasteiger partial charge >= 0.3 is 6.09 Å². The number of nitrogens with two attached hydrogens (primary N) is 1. The molecular formula is C27H27BrN4O3S. The number of carbonyl (C=O) groups is 2. The van der Waals surface area contributed by atoms with Crippen LogP contribution in [0.25, 0.3) is 5.70 Å². The number of aliphatic imine (C=N–C) groups is 1. The Hall–Kier alpha value is -3.43. The summed E-state index contributed by atoms with van der Waals surface area (Å²) < 4.78 is 5.41. The third-order valence-corrected chi connectivity index (χ3v) is 6.89. The fourth-order valence-electron chi connectivity index (χ4n) is 3.29. The molecule has 0 bridgehead atoms. The molecule has 9 heteroatoms. The Balaban J connectivity index is 1.96. The summed E-state index contributed by atoms with van der Waals surface area (Å²) in [7, 11) is 1.29. The zero-order chi connectivity index (χ0) is 26.1. The van der Waals surface area contributed by atoms with E-state index < -0.39 is 6.09 Å². The lowest BCUT2D eigenvalue weighted by atomic mass is 10.1. The molecule has 0 aliphatic heterocycles. The Bertz CT molecular complexity index is 1280. The van der Waals surface area contributed by atoms with Crippen LogP contribution in [0.15, 0.2) is 82.4 Å². The highest BCUT2D eigenvalue weighted by Crippen LogP contribution is 2.28. The monoisotopic (exact) mass is 566 g/mol. The number of nitrogen functional groups attached to an aromatic ring is 1. The molecule has 0 saturated heterocycles. The number of carbonyl (C=O) groups excluding carboxylic acids is 2. The van der Waals surface area contributed by atoms with Crippen molar-refractivity contribution in [1.82, 2.24) is 4.98 Å². The Kier molecular flexibility index (Phi) is 9.84. The maximum absolute atomic E-state index is 13.5. The fourth-order valence-corrected chi connectivity index (χ4v) is 4.48. The summed E-state index contributed by atoms with van der Waals surface area (Å²) in [5, 5.41) is 2.36. The fraction of sp³-hybridized carbons (Fsp3) is 0.185. The Morgan fingerprint density at radius 3 is 2.56 bits per heavy atom. The molecule has 7 nitrogen and oxygen atoms in total. The molecule has 0 unspecified atom stereocenters. The number of methoxy groups -OCH3 is 1. The summed E-state index contributed by atoms with van der Waals surface area (Å²) in [5.41, 5.74) is 10.2. The van der Waals surface area contributed by atoms with Gasteiger partial charge in [0.1, 0.15) is 11.4 Å². The van der Waals surface area contributed by atoms with Gasteiger partial charge in [-0.05, 0) is 65.7 Å². The second kappa shape index (κ2) is 13.0. The molecule has 36 heavy (non-hydrogen) atoms. The standard InChI is InChI=1S/C27H27BrN4O3S/c1-4-23(21-12-11-20(14-22(21)29)31-27(34)35-3)32-25(26(33)24-13-10-19(28)15-30-24)17(2)36-16-18-8-6-5-7-9-18/h4-15,17H,16,29H2,1-3H3,(H,31,34)/b23-4-,32-25?/t17-/m1/s1. The van der Waals surface area contributed by atoms with Crippen molar-refractivity contribution in [2.45, 2.75) is 24.9 Å². The molecule has 1 heterocycles. The van der Waals surface area contributed by atoms with Crippen LogP contribution in [0.3, 0.4) is 0 Å². The lowest BCUT2D eigenvalue weighted by molar-refractivity contribution is 0.106. The molecule has 0 saturated carbocycles. The number of amides is 1. The van der Waals surface area contributed by atoms with Crippen LogP contribution in [0.5, 0.6) is 0 Å². The highest BCUT2D eigenvalue weighted by molar-refractivity contribution is 9.10. The number of hydrogen-bond acceptors (Lipinski definition) is 7. The van der Waals surface area contributed by atoms with Crippen molar-refractivity contribution in [2.75, 3.05) is 18.2 Å². The maximum Gasteiger partial charge on any atom is 0.411 e. The molecule has 0 fully saturated rings. The van der Waals surface area contributed by atoms with E-state index in [2.05, 4.69) is 43.1 Å². The van der Waals surface area contributed by atoms with Gasteiger partial charge in [0.05, 0.1) is 12.8 Å². The van der Waals surface area contributed by atoms with Gasteiger partial charge in [-0.25, -0.2) is 9.79 Å². The normalized spacial score (nSPS) is 12.7. The molecule has 0 radical (unpaired) electrons. The Morgan fingerprint density at radius 2 is 1.94 bits per heavy atom. The quantitative estimate of drug-likeness (QED) is 0.171. The third-order valence-electron chi connectivity index (χ3n) is 5.19. The van der Waals surface area contributed by atoms with Crippen molar-refractivity contribution in [1.29, 1.82) is 0 Å². The average Bonchev–Trinajstić information content (AvgIpc) is 2.89. The third kappa shape index (κ3) is 7.29. The summed E-state index contributed by atoms with van der Waals surface area (Å²) in [6.45, 7) is 3.80. The number of benzene rings is 2. The number of ether oxygens (including phenoxy) is 1. The summed E-state index contributed by atoms with van der Waals surface area (Å²) >= 11 is 4.98. The van der Waals surface area contributed by atoms with Gasteiger partial charge in [-0.1, -0.05) is 36.4 Å². The number of ketones is 1. The number of allylic oxidation sites excluding steroid dienone is 1. The molecule has 3 N–H and O–H groups in total. The van der Waals surface area contributed by atoms with Crippen LogP contribution in [0.4, 0.5) is 16.2 Å². The number of aromatic nitrogens is 1. The molecule has 3 aromatic rings. The number of rotatable bonds is 9. The largest absolute Gasteiger partial charge is 0.453 e. The molecule has 0 spiro atoms. The lowest BCUT2D eigenvalue weighted by Crippen LogP contribution is -2.25. The first-order valence-corrected chi connectivity index (χ1v) is 13.0. The van der Waals surface area contributed by atoms with Gasteiger partial charge in [0.2, 0.25) is 5.78 Å². The van der Waals surface area contributed by atoms with E-state index in [1.165, 1.54) is 7.11 Å². The number of pyridine rings is 1. The average molecular weight is 568 g/mol. The minimum atomic E-state index is -0.592. The van der Waals surface area contributed by atoms with Crippen LogP contribution < -0.4 is 11.1 Å². The zero-order valence-corrected chi connectivity index (χ0v) is 22.6. The number of nitrogens with zero attached hydrogens (tertiary/aromatic N) is 2. The summed E-state index contributed by atoms with van der Waals surface area (Å²) in [6.07, 6.45) is 2.80. The second-order valence-corrected chi connectivity index (χ2v) is 9.96. The highest BCUT2D eigenvalue weighted by atomic mass is 79.9. The van der Waals surface area contributed by atoms with Gasteiger partial charge in [0.15, 0.2) is 0 Å². The number of anilines is 2. The van der Waals surface area contributed by atoms with Crippen LogP contribution >= 0.6 is 27.7 Å². The molecule has 3 rings (SSSR count). The summed E-state index contributed by atoms with van der Waals surface area (Å²) in [4.78, 5) is 34.2. The van der Waals surface area contributed by atoms with E-state index in [0.29, 0.717) is 34.0 Å². The molecule has 0 aliphatic carbocycles.